The number of thiophene rings is 1. The standard InChI is InChI=1S/C34H38F2N3O6PS/c1-19(2)33(23-6-4-3-5-7-23)17-38(18-33)32(42)27-10-9-25-14-20-12-21(20)15-26(31(41)39(25)27)37-30(40)29-16-22-13-24(8-11-28(22)47-29)34(35,36)46(43,44)45/h3-8,11,13,16,19-21,25-27H,9-10,12,14-15,17-18H2,1-2H3,(H,37,40)(H2,43,44,45)/t20-,21+,25+,26-,27-/m0/s1. The van der Waals surface area contributed by atoms with Gasteiger partial charge in [-0.15, -0.1) is 11.3 Å². The molecule has 13 heteroatoms. The van der Waals surface area contributed by atoms with Gasteiger partial charge in [0.15, 0.2) is 0 Å². The number of carbonyl (C=O) groups is 3. The Morgan fingerprint density at radius 2 is 1.72 bits per heavy atom. The zero-order chi connectivity index (χ0) is 33.5. The SMILES string of the molecule is CC(C)C1(c2ccccc2)CN(C(=O)[C@@H]2CC[C@@H]3C[C@@H]4C[C@@H]4C[C@H](NC(=O)c4cc5cc(C(F)(F)P(=O)(O)O)ccc5s4)C(=O)N32)C1. The number of hydrogen-bond donors (Lipinski definition) is 3. The number of hydrogen-bond acceptors (Lipinski definition) is 5. The molecule has 1 aromatic heterocycles. The Labute approximate surface area is 275 Å². The fourth-order valence-corrected chi connectivity index (χ4v) is 9.45. The van der Waals surface area contributed by atoms with Gasteiger partial charge in [-0.05, 0) is 79.0 Å². The quantitative estimate of drug-likeness (QED) is 0.284. The third-order valence-corrected chi connectivity index (χ3v) is 13.1. The molecule has 4 fully saturated rings. The minimum atomic E-state index is -5.75. The summed E-state index contributed by atoms with van der Waals surface area (Å²) in [5, 5.41) is 3.14. The second-order valence-electron chi connectivity index (χ2n) is 14.1. The van der Waals surface area contributed by atoms with E-state index in [4.69, 9.17) is 9.79 Å². The van der Waals surface area contributed by atoms with Gasteiger partial charge < -0.3 is 24.9 Å². The highest BCUT2D eigenvalue weighted by Gasteiger charge is 2.55. The number of benzene rings is 2. The molecule has 0 bridgehead atoms. The van der Waals surface area contributed by atoms with Crippen LogP contribution in [0.3, 0.4) is 0 Å². The second-order valence-corrected chi connectivity index (χ2v) is 16.8. The molecule has 1 aliphatic carbocycles. The Bertz CT molecular complexity index is 1790. The molecule has 0 radical (unpaired) electrons. The van der Waals surface area contributed by atoms with Crippen molar-refractivity contribution in [3.63, 3.8) is 0 Å². The average molecular weight is 686 g/mol. The number of likely N-dealkylation sites (tertiary alicyclic amines) is 1. The number of rotatable bonds is 7. The van der Waals surface area contributed by atoms with Crippen molar-refractivity contribution < 1.29 is 37.5 Å². The van der Waals surface area contributed by atoms with E-state index in [0.717, 1.165) is 42.7 Å². The summed E-state index contributed by atoms with van der Waals surface area (Å²) in [4.78, 5) is 63.8. The molecular weight excluding hydrogens is 647 g/mol. The first kappa shape index (κ1) is 32.4. The van der Waals surface area contributed by atoms with Crippen molar-refractivity contribution >= 4 is 46.7 Å². The van der Waals surface area contributed by atoms with Gasteiger partial charge in [0.05, 0.1) is 4.88 Å². The molecule has 0 spiro atoms. The van der Waals surface area contributed by atoms with Crippen molar-refractivity contribution in [2.45, 2.75) is 75.2 Å². The molecule has 250 valence electrons. The summed E-state index contributed by atoms with van der Waals surface area (Å²) in [6, 6.07) is 13.4. The molecule has 5 atom stereocenters. The number of nitrogens with zero attached hydrogens (tertiary/aromatic N) is 2. The van der Waals surface area contributed by atoms with E-state index in [2.05, 4.69) is 31.3 Å². The zero-order valence-corrected chi connectivity index (χ0v) is 27.9. The molecule has 9 nitrogen and oxygen atoms in total. The van der Waals surface area contributed by atoms with Crippen molar-refractivity contribution in [2.75, 3.05) is 13.1 Å². The lowest BCUT2D eigenvalue weighted by Gasteiger charge is -2.54. The van der Waals surface area contributed by atoms with Crippen molar-refractivity contribution in [3.05, 3.63) is 70.6 Å². The van der Waals surface area contributed by atoms with Gasteiger partial charge in [0.2, 0.25) is 11.8 Å². The van der Waals surface area contributed by atoms with Gasteiger partial charge in [-0.3, -0.25) is 18.9 Å². The molecule has 4 aliphatic rings. The molecule has 1 saturated carbocycles. The van der Waals surface area contributed by atoms with Crippen LogP contribution < -0.4 is 5.32 Å². The normalized spacial score (nSPS) is 27.1. The molecule has 4 heterocycles. The van der Waals surface area contributed by atoms with Crippen LogP contribution in [-0.4, -0.2) is 68.5 Å². The van der Waals surface area contributed by atoms with Crippen LogP contribution in [0.15, 0.2) is 54.6 Å². The molecule has 3 amide bonds. The molecule has 3 aliphatic heterocycles. The number of amides is 3. The van der Waals surface area contributed by atoms with E-state index in [9.17, 15) is 27.7 Å². The molecule has 7 rings (SSSR count). The Morgan fingerprint density at radius 1 is 1.02 bits per heavy atom. The van der Waals surface area contributed by atoms with Crippen LogP contribution >= 0.6 is 18.9 Å². The highest BCUT2D eigenvalue weighted by molar-refractivity contribution is 7.52. The average Bonchev–Trinajstić information content (AvgIpc) is 3.37. The van der Waals surface area contributed by atoms with Crippen LogP contribution in [0.25, 0.3) is 10.1 Å². The summed E-state index contributed by atoms with van der Waals surface area (Å²) in [6.45, 7) is 5.54. The Hall–Kier alpha value is -3.18. The number of alkyl halides is 2. The second kappa shape index (κ2) is 11.5. The largest absolute Gasteiger partial charge is 0.399 e. The van der Waals surface area contributed by atoms with Gasteiger partial charge in [0, 0.05) is 34.8 Å². The summed E-state index contributed by atoms with van der Waals surface area (Å²) < 4.78 is 40.5. The molecule has 2 aromatic carbocycles. The predicted molar refractivity (Wildman–Crippen MR) is 173 cm³/mol. The summed E-state index contributed by atoms with van der Waals surface area (Å²) in [7, 11) is -5.75. The van der Waals surface area contributed by atoms with Crippen molar-refractivity contribution in [2.24, 2.45) is 17.8 Å². The first-order chi connectivity index (χ1) is 22.2. The molecular formula is C34H38F2N3O6PS. The minimum Gasteiger partial charge on any atom is -0.340 e. The Balaban J connectivity index is 1.09. The van der Waals surface area contributed by atoms with Gasteiger partial charge in [-0.25, -0.2) is 0 Å². The van der Waals surface area contributed by atoms with Crippen LogP contribution in [0.1, 0.15) is 66.8 Å². The molecule has 0 unspecified atom stereocenters. The lowest BCUT2D eigenvalue weighted by molar-refractivity contribution is -0.153. The van der Waals surface area contributed by atoms with Gasteiger partial charge in [-0.1, -0.05) is 50.2 Å². The van der Waals surface area contributed by atoms with Crippen LogP contribution in [0.5, 0.6) is 0 Å². The van der Waals surface area contributed by atoms with E-state index in [-0.39, 0.29) is 33.5 Å². The van der Waals surface area contributed by atoms with Gasteiger partial charge in [-0.2, -0.15) is 8.78 Å². The topological polar surface area (TPSA) is 127 Å². The molecule has 3 saturated heterocycles. The highest BCUT2D eigenvalue weighted by atomic mass is 32.1. The lowest BCUT2D eigenvalue weighted by Crippen LogP contribution is -2.67. The van der Waals surface area contributed by atoms with E-state index in [1.807, 2.05) is 23.1 Å². The van der Waals surface area contributed by atoms with E-state index < -0.39 is 36.8 Å². The van der Waals surface area contributed by atoms with Gasteiger partial charge in [0.25, 0.3) is 5.91 Å². The maximum atomic E-state index is 14.3. The highest BCUT2D eigenvalue weighted by Crippen LogP contribution is 2.59. The van der Waals surface area contributed by atoms with E-state index in [1.165, 1.54) is 17.7 Å². The fourth-order valence-electron chi connectivity index (χ4n) is 8.02. The Kier molecular flexibility index (Phi) is 7.90. The van der Waals surface area contributed by atoms with Crippen LogP contribution in [0.4, 0.5) is 8.78 Å². The monoisotopic (exact) mass is 685 g/mol. The zero-order valence-electron chi connectivity index (χ0n) is 26.1. The van der Waals surface area contributed by atoms with E-state index in [1.54, 1.807) is 4.90 Å². The third kappa shape index (κ3) is 5.51. The molecule has 3 aromatic rings. The first-order valence-corrected chi connectivity index (χ1v) is 18.6. The number of carbonyl (C=O) groups excluding carboxylic acids is 3. The summed E-state index contributed by atoms with van der Waals surface area (Å²) in [6.07, 6.45) is 3.63. The summed E-state index contributed by atoms with van der Waals surface area (Å²) in [5.74, 6) is 0.248. The summed E-state index contributed by atoms with van der Waals surface area (Å²) >= 11 is 1.05. The lowest BCUT2D eigenvalue weighted by atomic mass is 9.66. The predicted octanol–water partition coefficient (Wildman–Crippen LogP) is 5.45. The van der Waals surface area contributed by atoms with Crippen molar-refractivity contribution in [1.82, 2.24) is 15.1 Å². The van der Waals surface area contributed by atoms with E-state index in [0.29, 0.717) is 48.4 Å². The minimum absolute atomic E-state index is 0.0431. The molecule has 3 N–H and O–H groups in total. The first-order valence-electron chi connectivity index (χ1n) is 16.1. The number of fused-ring (bicyclic) bond motifs is 3. The Morgan fingerprint density at radius 3 is 2.40 bits per heavy atom. The van der Waals surface area contributed by atoms with Crippen LogP contribution in [0.2, 0.25) is 0 Å². The number of halogens is 2. The fraction of sp³-hybridized carbons (Fsp3) is 0.500. The van der Waals surface area contributed by atoms with Gasteiger partial charge in [0.1, 0.15) is 12.1 Å². The van der Waals surface area contributed by atoms with Crippen molar-refractivity contribution in [1.29, 1.82) is 0 Å². The van der Waals surface area contributed by atoms with Crippen LogP contribution in [-0.2, 0) is 25.2 Å². The smallest absolute Gasteiger partial charge is 0.340 e. The number of nitrogens with one attached hydrogen (secondary N) is 1. The third-order valence-electron chi connectivity index (χ3n) is 11.0. The maximum Gasteiger partial charge on any atom is 0.399 e. The molecule has 47 heavy (non-hydrogen) atoms. The van der Waals surface area contributed by atoms with Crippen molar-refractivity contribution in [3.8, 4) is 0 Å². The van der Waals surface area contributed by atoms with Gasteiger partial charge >= 0.3 is 13.3 Å². The maximum absolute atomic E-state index is 14.3. The van der Waals surface area contributed by atoms with E-state index >= 15 is 0 Å². The van der Waals surface area contributed by atoms with Crippen LogP contribution in [0, 0.1) is 17.8 Å². The summed E-state index contributed by atoms with van der Waals surface area (Å²) in [5.41, 5.74) is -4.14.